The van der Waals surface area contributed by atoms with Crippen molar-refractivity contribution >= 4 is 5.97 Å². The van der Waals surface area contributed by atoms with Gasteiger partial charge in [-0.15, -0.1) is 0 Å². The van der Waals surface area contributed by atoms with Gasteiger partial charge >= 0.3 is 5.97 Å². The predicted octanol–water partition coefficient (Wildman–Crippen LogP) is 0.868. The zero-order valence-electron chi connectivity index (χ0n) is 10.5. The van der Waals surface area contributed by atoms with Gasteiger partial charge in [0.05, 0.1) is 6.61 Å². The molecule has 15 heavy (non-hydrogen) atoms. The summed E-state index contributed by atoms with van der Waals surface area (Å²) in [6, 6.07) is 0.105. The Morgan fingerprint density at radius 1 is 1.40 bits per heavy atom. The molecule has 0 fully saturated rings. The summed E-state index contributed by atoms with van der Waals surface area (Å²) in [6.45, 7) is 7.21. The molecule has 1 atom stereocenters. The average Bonchev–Trinajstić information content (AvgIpc) is 2.11. The van der Waals surface area contributed by atoms with E-state index in [2.05, 4.69) is 10.2 Å². The minimum Gasteiger partial charge on any atom is -0.465 e. The zero-order chi connectivity index (χ0) is 11.8. The summed E-state index contributed by atoms with van der Waals surface area (Å²) in [7, 11) is 4.00. The number of nitrogens with zero attached hydrogens (tertiary/aromatic N) is 1. The molecule has 0 saturated heterocycles. The minimum atomic E-state index is -0.188. The first kappa shape index (κ1) is 14.4. The Morgan fingerprint density at radius 2 is 2.00 bits per heavy atom. The van der Waals surface area contributed by atoms with Crippen molar-refractivity contribution in [1.29, 1.82) is 0 Å². The molecule has 0 aromatic heterocycles. The molecule has 90 valence electrons. The zero-order valence-corrected chi connectivity index (χ0v) is 10.5. The first-order chi connectivity index (χ1) is 6.97. The maximum absolute atomic E-state index is 11.6. The van der Waals surface area contributed by atoms with Crippen molar-refractivity contribution in [3.05, 3.63) is 0 Å². The van der Waals surface area contributed by atoms with Crippen LogP contribution < -0.4 is 5.32 Å². The maximum atomic E-state index is 11.6. The number of rotatable bonds is 7. The largest absolute Gasteiger partial charge is 0.465 e. The summed E-state index contributed by atoms with van der Waals surface area (Å²) < 4.78 is 5.02. The normalized spacial score (nSPS) is 13.3. The molecule has 0 aromatic carbocycles. The van der Waals surface area contributed by atoms with Crippen molar-refractivity contribution in [2.45, 2.75) is 39.3 Å². The molecule has 0 aliphatic carbocycles. The van der Waals surface area contributed by atoms with Crippen LogP contribution in [0.1, 0.15) is 27.2 Å². The second-order valence-electron chi connectivity index (χ2n) is 4.22. The Kier molecular flexibility index (Phi) is 7.34. The lowest BCUT2D eigenvalue weighted by atomic mass is 10.2. The van der Waals surface area contributed by atoms with Gasteiger partial charge in [-0.25, -0.2) is 0 Å². The molecule has 1 N–H and O–H groups in total. The van der Waals surface area contributed by atoms with Crippen LogP contribution in [0.15, 0.2) is 0 Å². The van der Waals surface area contributed by atoms with E-state index in [9.17, 15) is 4.79 Å². The first-order valence-electron chi connectivity index (χ1n) is 5.54. The maximum Gasteiger partial charge on any atom is 0.323 e. The molecule has 0 radical (unpaired) electrons. The number of carbonyl (C=O) groups is 1. The van der Waals surface area contributed by atoms with Gasteiger partial charge in [0.1, 0.15) is 6.04 Å². The molecule has 0 saturated carbocycles. The number of ether oxygens (including phenoxy) is 1. The Bertz CT molecular complexity index is 181. The summed E-state index contributed by atoms with van der Waals surface area (Å²) in [5, 5.41) is 3.22. The molecule has 0 aromatic rings. The van der Waals surface area contributed by atoms with E-state index >= 15 is 0 Å². The van der Waals surface area contributed by atoms with Crippen molar-refractivity contribution in [2.75, 3.05) is 27.2 Å². The fourth-order valence-electron chi connectivity index (χ4n) is 1.30. The van der Waals surface area contributed by atoms with Crippen LogP contribution in [0.4, 0.5) is 0 Å². The standard InChI is InChI=1S/C11H24N2O2/c1-6-15-11(14)10(12-9(2)3)7-8-13(4)5/h9-10,12H,6-8H2,1-5H3. The lowest BCUT2D eigenvalue weighted by Crippen LogP contribution is -2.43. The number of nitrogens with one attached hydrogen (secondary N) is 1. The second-order valence-corrected chi connectivity index (χ2v) is 4.22. The van der Waals surface area contributed by atoms with E-state index < -0.39 is 0 Å². The quantitative estimate of drug-likeness (QED) is 0.641. The SMILES string of the molecule is CCOC(=O)C(CCN(C)C)NC(C)C. The molecule has 4 heteroatoms. The van der Waals surface area contributed by atoms with Gasteiger partial charge in [-0.1, -0.05) is 13.8 Å². The number of hydrogen-bond donors (Lipinski definition) is 1. The summed E-state index contributed by atoms with van der Waals surface area (Å²) in [5.41, 5.74) is 0. The molecule has 0 bridgehead atoms. The van der Waals surface area contributed by atoms with Crippen LogP contribution in [0, 0.1) is 0 Å². The van der Waals surface area contributed by atoms with Crippen LogP contribution >= 0.6 is 0 Å². The Balaban J connectivity index is 4.11. The lowest BCUT2D eigenvalue weighted by Gasteiger charge is -2.21. The highest BCUT2D eigenvalue weighted by Crippen LogP contribution is 1.99. The molecule has 1 unspecified atom stereocenters. The third-order valence-electron chi connectivity index (χ3n) is 1.97. The third-order valence-corrected chi connectivity index (χ3v) is 1.97. The van der Waals surface area contributed by atoms with Crippen LogP contribution in [0.3, 0.4) is 0 Å². The average molecular weight is 216 g/mol. The fourth-order valence-corrected chi connectivity index (χ4v) is 1.30. The van der Waals surface area contributed by atoms with Crippen molar-refractivity contribution in [3.63, 3.8) is 0 Å². The first-order valence-corrected chi connectivity index (χ1v) is 5.54. The van der Waals surface area contributed by atoms with Crippen LogP contribution in [0.25, 0.3) is 0 Å². The van der Waals surface area contributed by atoms with Crippen LogP contribution in [-0.2, 0) is 9.53 Å². The molecular weight excluding hydrogens is 192 g/mol. The van der Waals surface area contributed by atoms with E-state index in [1.165, 1.54) is 0 Å². The van der Waals surface area contributed by atoms with Gasteiger partial charge in [0.2, 0.25) is 0 Å². The van der Waals surface area contributed by atoms with E-state index in [0.29, 0.717) is 12.6 Å². The van der Waals surface area contributed by atoms with E-state index in [1.54, 1.807) is 0 Å². The van der Waals surface area contributed by atoms with E-state index in [-0.39, 0.29) is 12.0 Å². The van der Waals surface area contributed by atoms with Gasteiger partial charge in [0, 0.05) is 6.04 Å². The van der Waals surface area contributed by atoms with Crippen LogP contribution in [-0.4, -0.2) is 50.2 Å². The Hall–Kier alpha value is -0.610. The van der Waals surface area contributed by atoms with E-state index in [4.69, 9.17) is 4.74 Å². The summed E-state index contributed by atoms with van der Waals surface area (Å²) >= 11 is 0. The molecule has 0 spiro atoms. The highest BCUT2D eigenvalue weighted by molar-refractivity contribution is 5.75. The van der Waals surface area contributed by atoms with Gasteiger partial charge in [0.25, 0.3) is 0 Å². The van der Waals surface area contributed by atoms with Crippen molar-refractivity contribution in [1.82, 2.24) is 10.2 Å². The van der Waals surface area contributed by atoms with Crippen LogP contribution in [0.5, 0.6) is 0 Å². The highest BCUT2D eigenvalue weighted by Gasteiger charge is 2.19. The Labute approximate surface area is 93.0 Å². The van der Waals surface area contributed by atoms with Gasteiger partial charge < -0.3 is 15.0 Å². The van der Waals surface area contributed by atoms with E-state index in [1.807, 2.05) is 34.9 Å². The molecular formula is C11H24N2O2. The molecule has 0 aliphatic rings. The second kappa shape index (κ2) is 7.65. The molecule has 0 heterocycles. The monoisotopic (exact) mass is 216 g/mol. The predicted molar refractivity (Wildman–Crippen MR) is 61.9 cm³/mol. The van der Waals surface area contributed by atoms with Gasteiger partial charge in [-0.2, -0.15) is 0 Å². The number of esters is 1. The Morgan fingerprint density at radius 3 is 2.40 bits per heavy atom. The number of hydrogen-bond acceptors (Lipinski definition) is 4. The summed E-state index contributed by atoms with van der Waals surface area (Å²) in [5.74, 6) is -0.145. The third kappa shape index (κ3) is 7.33. The lowest BCUT2D eigenvalue weighted by molar-refractivity contribution is -0.146. The van der Waals surface area contributed by atoms with Gasteiger partial charge in [-0.3, -0.25) is 4.79 Å². The molecule has 0 aliphatic heterocycles. The van der Waals surface area contributed by atoms with Crippen molar-refractivity contribution in [3.8, 4) is 0 Å². The molecule has 4 nitrogen and oxygen atoms in total. The summed E-state index contributed by atoms with van der Waals surface area (Å²) in [4.78, 5) is 13.7. The molecule has 0 amide bonds. The number of carbonyl (C=O) groups excluding carboxylic acids is 1. The van der Waals surface area contributed by atoms with Gasteiger partial charge in [0.15, 0.2) is 0 Å². The smallest absolute Gasteiger partial charge is 0.323 e. The topological polar surface area (TPSA) is 41.6 Å². The summed E-state index contributed by atoms with van der Waals surface area (Å²) in [6.07, 6.45) is 0.782. The fraction of sp³-hybridized carbons (Fsp3) is 0.909. The minimum absolute atomic E-state index is 0.145. The van der Waals surface area contributed by atoms with Crippen LogP contribution in [0.2, 0.25) is 0 Å². The van der Waals surface area contributed by atoms with Crippen molar-refractivity contribution < 1.29 is 9.53 Å². The highest BCUT2D eigenvalue weighted by atomic mass is 16.5. The van der Waals surface area contributed by atoms with Gasteiger partial charge in [-0.05, 0) is 34.0 Å². The van der Waals surface area contributed by atoms with E-state index in [0.717, 1.165) is 13.0 Å². The molecule has 0 rings (SSSR count). The van der Waals surface area contributed by atoms with Crippen molar-refractivity contribution in [2.24, 2.45) is 0 Å².